The molecule has 0 saturated heterocycles. The van der Waals surface area contributed by atoms with Crippen molar-refractivity contribution in [2.45, 2.75) is 53.4 Å². The lowest BCUT2D eigenvalue weighted by Gasteiger charge is -2.20. The fourth-order valence-corrected chi connectivity index (χ4v) is 3.51. The Bertz CT molecular complexity index is 527. The summed E-state index contributed by atoms with van der Waals surface area (Å²) in [6.07, 6.45) is 3.29. The Balaban J connectivity index is 2.30. The number of hydrogen-bond donors (Lipinski definition) is 0. The van der Waals surface area contributed by atoms with Gasteiger partial charge in [0.05, 0.1) is 25.0 Å². The summed E-state index contributed by atoms with van der Waals surface area (Å²) < 4.78 is 10.4. The number of ether oxygens (including phenoxy) is 2. The van der Waals surface area contributed by atoms with Crippen LogP contribution in [-0.4, -0.2) is 25.2 Å². The van der Waals surface area contributed by atoms with Gasteiger partial charge in [0.2, 0.25) is 0 Å². The first-order valence-electron chi connectivity index (χ1n) is 8.18. The number of esters is 2. The molecule has 0 aromatic carbocycles. The molecule has 22 heavy (non-hydrogen) atoms. The third-order valence-corrected chi connectivity index (χ3v) is 4.80. The lowest BCUT2D eigenvalue weighted by Crippen LogP contribution is -2.30. The molecule has 0 aromatic rings. The highest BCUT2D eigenvalue weighted by Gasteiger charge is 2.45. The van der Waals surface area contributed by atoms with Gasteiger partial charge in [-0.2, -0.15) is 0 Å². The molecule has 2 aliphatic carbocycles. The Morgan fingerprint density at radius 2 is 1.64 bits per heavy atom. The molecule has 2 rings (SSSR count). The molecule has 0 aromatic heterocycles. The molecular formula is C18H26O4. The van der Waals surface area contributed by atoms with Crippen molar-refractivity contribution in [2.24, 2.45) is 11.8 Å². The third kappa shape index (κ3) is 3.26. The van der Waals surface area contributed by atoms with E-state index in [2.05, 4.69) is 13.8 Å². The zero-order valence-electron chi connectivity index (χ0n) is 14.0. The van der Waals surface area contributed by atoms with Gasteiger partial charge in [-0.3, -0.25) is 9.59 Å². The normalized spacial score (nSPS) is 24.9. The predicted octanol–water partition coefficient (Wildman–Crippen LogP) is 3.57. The van der Waals surface area contributed by atoms with Crippen LogP contribution in [0.4, 0.5) is 0 Å². The molecule has 0 saturated carbocycles. The van der Waals surface area contributed by atoms with Crippen molar-refractivity contribution in [3.63, 3.8) is 0 Å². The average molecular weight is 306 g/mol. The highest BCUT2D eigenvalue weighted by Crippen LogP contribution is 2.45. The highest BCUT2D eigenvalue weighted by molar-refractivity contribution is 5.86. The molecule has 0 heterocycles. The van der Waals surface area contributed by atoms with Gasteiger partial charge in [0.25, 0.3) is 0 Å². The summed E-state index contributed by atoms with van der Waals surface area (Å²) in [4.78, 5) is 24.7. The average Bonchev–Trinajstić information content (AvgIpc) is 2.77. The third-order valence-electron chi connectivity index (χ3n) is 4.80. The van der Waals surface area contributed by atoms with Gasteiger partial charge in [-0.15, -0.1) is 0 Å². The second-order valence-corrected chi connectivity index (χ2v) is 6.16. The summed E-state index contributed by atoms with van der Waals surface area (Å²) >= 11 is 0. The summed E-state index contributed by atoms with van der Waals surface area (Å²) in [6, 6.07) is 0. The van der Waals surface area contributed by atoms with Gasteiger partial charge < -0.3 is 9.47 Å². The molecule has 0 aliphatic heterocycles. The predicted molar refractivity (Wildman–Crippen MR) is 84.1 cm³/mol. The highest BCUT2D eigenvalue weighted by atomic mass is 16.5. The molecule has 0 amide bonds. The Morgan fingerprint density at radius 1 is 1.00 bits per heavy atom. The summed E-state index contributed by atoms with van der Waals surface area (Å²) in [6.45, 7) is 8.56. The Labute approximate surface area is 132 Å². The Hall–Kier alpha value is -1.58. The van der Waals surface area contributed by atoms with Crippen LogP contribution in [0.25, 0.3) is 0 Å². The smallest absolute Gasteiger partial charge is 0.313 e. The second kappa shape index (κ2) is 7.12. The largest absolute Gasteiger partial charge is 0.466 e. The minimum Gasteiger partial charge on any atom is -0.466 e. The quantitative estimate of drug-likeness (QED) is 0.588. The molecule has 0 N–H and O–H groups in total. The second-order valence-electron chi connectivity index (χ2n) is 6.16. The van der Waals surface area contributed by atoms with Crippen molar-refractivity contribution in [3.05, 3.63) is 22.3 Å². The first kappa shape index (κ1) is 16.8. The van der Waals surface area contributed by atoms with Crippen LogP contribution in [0.5, 0.6) is 0 Å². The minimum absolute atomic E-state index is 0.271. The fourth-order valence-electron chi connectivity index (χ4n) is 3.51. The van der Waals surface area contributed by atoms with Crippen molar-refractivity contribution in [3.8, 4) is 0 Å². The lowest BCUT2D eigenvalue weighted by atomic mass is 9.88. The Kier molecular flexibility index (Phi) is 5.43. The number of allylic oxidation sites excluding steroid dienone is 3. The summed E-state index contributed by atoms with van der Waals surface area (Å²) in [5.74, 6) is -1.40. The van der Waals surface area contributed by atoms with E-state index in [0.717, 1.165) is 24.8 Å². The minimum atomic E-state index is -0.451. The van der Waals surface area contributed by atoms with Crippen LogP contribution in [-0.2, 0) is 19.1 Å². The van der Waals surface area contributed by atoms with E-state index < -0.39 is 11.8 Å². The summed E-state index contributed by atoms with van der Waals surface area (Å²) in [5, 5.41) is 0. The molecule has 0 bridgehead atoms. The standard InChI is InChI=1S/C18H26O4/c1-5-21-17(19)15-10-13-9-12(4)11(3)7-8-14(13)16(15)18(20)22-6-2/h15-16H,5-10H2,1-4H3/t15-,16-/m1/s1. The van der Waals surface area contributed by atoms with Crippen molar-refractivity contribution in [2.75, 3.05) is 13.2 Å². The zero-order chi connectivity index (χ0) is 16.3. The van der Waals surface area contributed by atoms with Crippen LogP contribution in [0, 0.1) is 11.8 Å². The van der Waals surface area contributed by atoms with E-state index in [9.17, 15) is 9.59 Å². The fraction of sp³-hybridized carbons (Fsp3) is 0.667. The maximum absolute atomic E-state index is 12.4. The maximum atomic E-state index is 12.4. The van der Waals surface area contributed by atoms with Crippen LogP contribution in [0.2, 0.25) is 0 Å². The topological polar surface area (TPSA) is 52.6 Å². The molecular weight excluding hydrogens is 280 g/mol. The van der Waals surface area contributed by atoms with E-state index in [1.54, 1.807) is 13.8 Å². The number of hydrogen-bond acceptors (Lipinski definition) is 4. The summed E-state index contributed by atoms with van der Waals surface area (Å²) in [5.41, 5.74) is 5.11. The maximum Gasteiger partial charge on any atom is 0.313 e. The molecule has 0 unspecified atom stereocenters. The van der Waals surface area contributed by atoms with Crippen LogP contribution in [0.1, 0.15) is 53.4 Å². The number of rotatable bonds is 4. The Morgan fingerprint density at radius 3 is 2.27 bits per heavy atom. The van der Waals surface area contributed by atoms with Gasteiger partial charge in [0.15, 0.2) is 0 Å². The van der Waals surface area contributed by atoms with Crippen molar-refractivity contribution in [1.29, 1.82) is 0 Å². The van der Waals surface area contributed by atoms with Crippen molar-refractivity contribution >= 4 is 11.9 Å². The molecule has 4 nitrogen and oxygen atoms in total. The van der Waals surface area contributed by atoms with E-state index in [1.807, 2.05) is 0 Å². The van der Waals surface area contributed by atoms with Gasteiger partial charge in [-0.1, -0.05) is 22.3 Å². The van der Waals surface area contributed by atoms with Gasteiger partial charge >= 0.3 is 11.9 Å². The van der Waals surface area contributed by atoms with Gasteiger partial charge in [-0.05, 0) is 53.4 Å². The molecule has 0 fully saturated rings. The van der Waals surface area contributed by atoms with Crippen LogP contribution >= 0.6 is 0 Å². The monoisotopic (exact) mass is 306 g/mol. The number of carbonyl (C=O) groups is 2. The van der Waals surface area contributed by atoms with Crippen molar-refractivity contribution < 1.29 is 19.1 Å². The van der Waals surface area contributed by atoms with Gasteiger partial charge in [-0.25, -0.2) is 0 Å². The molecule has 0 radical (unpaired) electrons. The van der Waals surface area contributed by atoms with E-state index in [1.165, 1.54) is 16.7 Å². The molecule has 122 valence electrons. The first-order valence-corrected chi connectivity index (χ1v) is 8.18. The zero-order valence-corrected chi connectivity index (χ0v) is 14.0. The SMILES string of the molecule is CCOC(=O)[C@@H]1C2=C(CC(C)=C(C)CC2)C[C@H]1C(=O)OCC. The number of carbonyl (C=O) groups excluding carboxylic acids is 2. The van der Waals surface area contributed by atoms with E-state index in [0.29, 0.717) is 19.6 Å². The molecule has 2 aliphatic rings. The van der Waals surface area contributed by atoms with E-state index in [-0.39, 0.29) is 11.9 Å². The van der Waals surface area contributed by atoms with Crippen LogP contribution in [0.15, 0.2) is 22.3 Å². The van der Waals surface area contributed by atoms with Gasteiger partial charge in [0.1, 0.15) is 0 Å². The molecule has 2 atom stereocenters. The molecule has 0 spiro atoms. The van der Waals surface area contributed by atoms with E-state index in [4.69, 9.17) is 9.47 Å². The van der Waals surface area contributed by atoms with Crippen molar-refractivity contribution in [1.82, 2.24) is 0 Å². The molecule has 4 heteroatoms. The lowest BCUT2D eigenvalue weighted by molar-refractivity contribution is -0.158. The van der Waals surface area contributed by atoms with Crippen LogP contribution in [0.3, 0.4) is 0 Å². The first-order chi connectivity index (χ1) is 10.5. The van der Waals surface area contributed by atoms with Gasteiger partial charge in [0, 0.05) is 0 Å². The van der Waals surface area contributed by atoms with Crippen LogP contribution < -0.4 is 0 Å². The summed E-state index contributed by atoms with van der Waals surface area (Å²) in [7, 11) is 0. The van der Waals surface area contributed by atoms with E-state index >= 15 is 0 Å².